The number of non-ortho nitro benzene ring substituents is 1. The molecule has 0 saturated heterocycles. The molecule has 0 radical (unpaired) electrons. The Morgan fingerprint density at radius 2 is 2.14 bits per heavy atom. The van der Waals surface area contributed by atoms with Crippen molar-refractivity contribution in [1.82, 2.24) is 9.97 Å². The molecule has 0 unspecified atom stereocenters. The van der Waals surface area contributed by atoms with Crippen molar-refractivity contribution in [3.05, 3.63) is 40.3 Å². The normalized spacial score (nSPS) is 10.0. The molecule has 2 aromatic rings. The molecule has 1 N–H and O–H groups in total. The molecule has 0 atom stereocenters. The average Bonchev–Trinajstić information content (AvgIpc) is 2.49. The van der Waals surface area contributed by atoms with Crippen molar-refractivity contribution in [2.75, 3.05) is 19.5 Å². The Morgan fingerprint density at radius 3 is 2.76 bits per heavy atom. The van der Waals surface area contributed by atoms with Crippen molar-refractivity contribution in [2.45, 2.75) is 0 Å². The Morgan fingerprint density at radius 1 is 1.38 bits per heavy atom. The molecule has 2 rings (SSSR count). The number of benzene rings is 1. The van der Waals surface area contributed by atoms with E-state index < -0.39 is 10.7 Å². The number of methoxy groups -OCH3 is 1. The summed E-state index contributed by atoms with van der Waals surface area (Å²) in [5.74, 6) is -0.831. The van der Waals surface area contributed by atoms with Crippen LogP contribution >= 0.6 is 0 Å². The molecule has 0 bridgehead atoms. The highest BCUT2D eigenvalue weighted by atomic mass is 19.1. The molecule has 0 amide bonds. The average molecular weight is 294 g/mol. The molecule has 1 aromatic carbocycles. The molecule has 110 valence electrons. The van der Waals surface area contributed by atoms with Crippen LogP contribution in [0.3, 0.4) is 0 Å². The molecule has 1 aromatic heterocycles. The summed E-state index contributed by atoms with van der Waals surface area (Å²) in [4.78, 5) is 17.6. The molecule has 0 saturated carbocycles. The molecule has 8 nitrogen and oxygen atoms in total. The lowest BCUT2D eigenvalue weighted by Gasteiger charge is -2.10. The quantitative estimate of drug-likeness (QED) is 0.667. The van der Waals surface area contributed by atoms with Gasteiger partial charge in [-0.2, -0.15) is 9.37 Å². The van der Waals surface area contributed by atoms with Crippen molar-refractivity contribution in [3.8, 4) is 17.4 Å². The fraction of sp³-hybridized carbons (Fsp3) is 0.167. The lowest BCUT2D eigenvalue weighted by atomic mass is 10.3. The minimum atomic E-state index is -0.803. The second kappa shape index (κ2) is 5.99. The lowest BCUT2D eigenvalue weighted by Crippen LogP contribution is -2.01. The molecule has 21 heavy (non-hydrogen) atoms. The molecule has 0 spiro atoms. The van der Waals surface area contributed by atoms with Gasteiger partial charge in [0.05, 0.1) is 24.3 Å². The van der Waals surface area contributed by atoms with E-state index >= 15 is 0 Å². The number of aromatic nitrogens is 2. The summed E-state index contributed by atoms with van der Waals surface area (Å²) >= 11 is 0. The van der Waals surface area contributed by atoms with Crippen LogP contribution in [-0.2, 0) is 0 Å². The van der Waals surface area contributed by atoms with Crippen molar-refractivity contribution in [2.24, 2.45) is 0 Å². The van der Waals surface area contributed by atoms with E-state index in [9.17, 15) is 14.5 Å². The Bertz CT molecular complexity index is 680. The Hall–Kier alpha value is -2.97. The summed E-state index contributed by atoms with van der Waals surface area (Å²) < 4.78 is 23.9. The number of nitro groups is 1. The third kappa shape index (κ3) is 3.14. The van der Waals surface area contributed by atoms with E-state index in [4.69, 9.17) is 9.47 Å². The van der Waals surface area contributed by atoms with Gasteiger partial charge < -0.3 is 14.8 Å². The van der Waals surface area contributed by atoms with Crippen LogP contribution in [0, 0.1) is 15.9 Å². The summed E-state index contributed by atoms with van der Waals surface area (Å²) in [5, 5.41) is 13.4. The summed E-state index contributed by atoms with van der Waals surface area (Å²) in [7, 11) is 2.92. The third-order valence-electron chi connectivity index (χ3n) is 2.50. The van der Waals surface area contributed by atoms with E-state index in [1.807, 2.05) is 0 Å². The highest BCUT2D eigenvalue weighted by molar-refractivity contribution is 5.50. The van der Waals surface area contributed by atoms with Crippen molar-refractivity contribution < 1.29 is 18.8 Å². The summed E-state index contributed by atoms with van der Waals surface area (Å²) in [6.07, 6.45) is 0.929. The molecule has 1 heterocycles. The second-order valence-corrected chi connectivity index (χ2v) is 3.79. The highest BCUT2D eigenvalue weighted by Gasteiger charge is 2.16. The molecule has 0 aliphatic rings. The number of ether oxygens (including phenoxy) is 2. The number of nitrogens with zero attached hydrogens (tertiary/aromatic N) is 3. The molecular formula is C12H11FN4O4. The predicted molar refractivity (Wildman–Crippen MR) is 71.3 cm³/mol. The van der Waals surface area contributed by atoms with Crippen molar-refractivity contribution in [3.63, 3.8) is 0 Å². The largest absolute Gasteiger partial charge is 0.493 e. The number of anilines is 1. The number of nitro benzene ring substituents is 1. The van der Waals surface area contributed by atoms with E-state index in [-0.39, 0.29) is 29.0 Å². The summed E-state index contributed by atoms with van der Waals surface area (Å²) in [6.45, 7) is 0. The minimum Gasteiger partial charge on any atom is -0.493 e. The van der Waals surface area contributed by atoms with E-state index in [1.165, 1.54) is 19.2 Å². The molecular weight excluding hydrogens is 283 g/mol. The maximum atomic E-state index is 13.6. The minimum absolute atomic E-state index is 0.0219. The first-order valence-corrected chi connectivity index (χ1v) is 5.75. The zero-order chi connectivity index (χ0) is 15.4. The Labute approximate surface area is 118 Å². The van der Waals surface area contributed by atoms with Gasteiger partial charge in [-0.3, -0.25) is 10.1 Å². The van der Waals surface area contributed by atoms with E-state index in [0.717, 1.165) is 12.3 Å². The lowest BCUT2D eigenvalue weighted by molar-refractivity contribution is -0.384. The van der Waals surface area contributed by atoms with Crippen molar-refractivity contribution in [1.29, 1.82) is 0 Å². The first kappa shape index (κ1) is 14.4. The predicted octanol–water partition coefficient (Wildman–Crippen LogP) is 2.37. The van der Waals surface area contributed by atoms with Gasteiger partial charge in [-0.05, 0) is 6.07 Å². The Kier molecular flexibility index (Phi) is 4.12. The van der Waals surface area contributed by atoms with Gasteiger partial charge >= 0.3 is 0 Å². The first-order chi connectivity index (χ1) is 10.0. The maximum Gasteiger partial charge on any atom is 0.273 e. The number of rotatable bonds is 5. The molecule has 9 heteroatoms. The number of halogens is 1. The van der Waals surface area contributed by atoms with Gasteiger partial charge in [-0.15, -0.1) is 0 Å². The maximum absolute atomic E-state index is 13.6. The van der Waals surface area contributed by atoms with Gasteiger partial charge in [0.1, 0.15) is 0 Å². The fourth-order valence-corrected chi connectivity index (χ4v) is 1.51. The number of nitrogens with one attached hydrogen (secondary N) is 1. The van der Waals surface area contributed by atoms with Crippen LogP contribution in [0.15, 0.2) is 24.4 Å². The summed E-state index contributed by atoms with van der Waals surface area (Å²) in [6, 6.07) is 3.73. The second-order valence-electron chi connectivity index (χ2n) is 3.79. The Balaban J connectivity index is 2.42. The van der Waals surface area contributed by atoms with Gasteiger partial charge in [-0.25, -0.2) is 4.98 Å². The standard InChI is InChI=1S/C12H11FN4O4/c1-14-12-15-6-8(13)11(16-12)21-10-5-7(17(18)19)3-4-9(10)20-2/h3-6H,1-2H3,(H,14,15,16). The molecule has 0 fully saturated rings. The number of hydrogen-bond acceptors (Lipinski definition) is 7. The monoisotopic (exact) mass is 294 g/mol. The van der Waals surface area contributed by atoms with Crippen LogP contribution in [0.5, 0.6) is 17.4 Å². The van der Waals surface area contributed by atoms with Crippen LogP contribution in [0.4, 0.5) is 16.0 Å². The fourth-order valence-electron chi connectivity index (χ4n) is 1.51. The summed E-state index contributed by atoms with van der Waals surface area (Å²) in [5.41, 5.74) is -0.214. The molecule has 0 aliphatic heterocycles. The van der Waals surface area contributed by atoms with Crippen LogP contribution in [0.25, 0.3) is 0 Å². The highest BCUT2D eigenvalue weighted by Crippen LogP contribution is 2.34. The van der Waals surface area contributed by atoms with Crippen LogP contribution in [-0.4, -0.2) is 29.0 Å². The zero-order valence-corrected chi connectivity index (χ0v) is 11.2. The van der Waals surface area contributed by atoms with Gasteiger partial charge in [0.15, 0.2) is 11.5 Å². The number of hydrogen-bond donors (Lipinski definition) is 1. The van der Waals surface area contributed by atoms with Gasteiger partial charge in [0, 0.05) is 13.1 Å². The first-order valence-electron chi connectivity index (χ1n) is 5.75. The van der Waals surface area contributed by atoms with E-state index in [1.54, 1.807) is 7.05 Å². The van der Waals surface area contributed by atoms with E-state index in [0.29, 0.717) is 0 Å². The third-order valence-corrected chi connectivity index (χ3v) is 2.50. The van der Waals surface area contributed by atoms with E-state index in [2.05, 4.69) is 15.3 Å². The van der Waals surface area contributed by atoms with Gasteiger partial charge in [0.25, 0.3) is 11.6 Å². The van der Waals surface area contributed by atoms with Crippen molar-refractivity contribution >= 4 is 11.6 Å². The van der Waals surface area contributed by atoms with Crippen LogP contribution in [0.1, 0.15) is 0 Å². The topological polar surface area (TPSA) is 99.4 Å². The SMILES string of the molecule is CNc1ncc(F)c(Oc2cc([N+](=O)[O-])ccc2OC)n1. The smallest absolute Gasteiger partial charge is 0.273 e. The van der Waals surface area contributed by atoms with Crippen LogP contribution in [0.2, 0.25) is 0 Å². The van der Waals surface area contributed by atoms with Crippen LogP contribution < -0.4 is 14.8 Å². The van der Waals surface area contributed by atoms with Gasteiger partial charge in [0.2, 0.25) is 11.8 Å². The zero-order valence-electron chi connectivity index (χ0n) is 11.2. The van der Waals surface area contributed by atoms with Gasteiger partial charge in [-0.1, -0.05) is 0 Å². The molecule has 0 aliphatic carbocycles.